The highest BCUT2D eigenvalue weighted by atomic mass is 35.5. The van der Waals surface area contributed by atoms with Crippen LogP contribution in [0.15, 0.2) is 24.3 Å². The standard InChI is InChI=1S/C16H20ClN3O3/c17-13-3-1-12(2-4-13)14-9-20(7-8-23-14)16(22)11-19-6-5-18-15(21)10-19/h1-4,14H,5-11H2,(H,18,21). The van der Waals surface area contributed by atoms with Crippen LogP contribution in [0, 0.1) is 0 Å². The first-order valence-corrected chi connectivity index (χ1v) is 8.13. The minimum absolute atomic E-state index is 0.0231. The Morgan fingerprint density at radius 3 is 2.83 bits per heavy atom. The van der Waals surface area contributed by atoms with E-state index < -0.39 is 0 Å². The number of ether oxygens (including phenoxy) is 1. The molecule has 2 aliphatic rings. The number of piperazine rings is 1. The minimum atomic E-state index is -0.130. The zero-order valence-corrected chi connectivity index (χ0v) is 13.6. The van der Waals surface area contributed by atoms with Crippen molar-refractivity contribution in [2.24, 2.45) is 0 Å². The Balaban J connectivity index is 1.58. The normalized spacial score (nSPS) is 22.7. The fourth-order valence-corrected chi connectivity index (χ4v) is 3.00. The highest BCUT2D eigenvalue weighted by Crippen LogP contribution is 2.23. The van der Waals surface area contributed by atoms with Crippen LogP contribution in [-0.4, -0.2) is 67.5 Å². The largest absolute Gasteiger partial charge is 0.370 e. The first-order valence-electron chi connectivity index (χ1n) is 7.76. The van der Waals surface area contributed by atoms with Crippen LogP contribution in [0.5, 0.6) is 0 Å². The number of carbonyl (C=O) groups excluding carboxylic acids is 2. The SMILES string of the molecule is O=C1CN(CC(=O)N2CCOC(c3ccc(Cl)cc3)C2)CCN1. The molecule has 0 radical (unpaired) electrons. The van der Waals surface area contributed by atoms with Crippen LogP contribution in [0.3, 0.4) is 0 Å². The van der Waals surface area contributed by atoms with Crippen LogP contribution in [0.1, 0.15) is 11.7 Å². The topological polar surface area (TPSA) is 61.9 Å². The summed E-state index contributed by atoms with van der Waals surface area (Å²) in [6.07, 6.45) is -0.130. The van der Waals surface area contributed by atoms with Crippen LogP contribution >= 0.6 is 11.6 Å². The van der Waals surface area contributed by atoms with E-state index in [1.165, 1.54) is 0 Å². The second kappa shape index (κ2) is 7.29. The number of rotatable bonds is 3. The Labute approximate surface area is 140 Å². The highest BCUT2D eigenvalue weighted by Gasteiger charge is 2.27. The van der Waals surface area contributed by atoms with Gasteiger partial charge in [0.2, 0.25) is 11.8 Å². The van der Waals surface area contributed by atoms with Gasteiger partial charge in [-0.25, -0.2) is 0 Å². The smallest absolute Gasteiger partial charge is 0.236 e. The highest BCUT2D eigenvalue weighted by molar-refractivity contribution is 6.30. The van der Waals surface area contributed by atoms with Gasteiger partial charge in [-0.05, 0) is 17.7 Å². The summed E-state index contributed by atoms with van der Waals surface area (Å²) < 4.78 is 5.78. The first kappa shape index (κ1) is 16.2. The molecule has 6 nitrogen and oxygen atoms in total. The van der Waals surface area contributed by atoms with Gasteiger partial charge in [-0.3, -0.25) is 14.5 Å². The third-order valence-corrected chi connectivity index (χ3v) is 4.39. The molecule has 2 heterocycles. The van der Waals surface area contributed by atoms with E-state index in [1.807, 2.05) is 34.1 Å². The number of halogens is 1. The van der Waals surface area contributed by atoms with Gasteiger partial charge >= 0.3 is 0 Å². The average Bonchev–Trinajstić information content (AvgIpc) is 2.56. The molecule has 1 N–H and O–H groups in total. The lowest BCUT2D eigenvalue weighted by atomic mass is 10.1. The summed E-state index contributed by atoms with van der Waals surface area (Å²) in [6, 6.07) is 7.51. The van der Waals surface area contributed by atoms with Gasteiger partial charge < -0.3 is 15.0 Å². The van der Waals surface area contributed by atoms with Gasteiger partial charge in [-0.2, -0.15) is 0 Å². The molecule has 2 aliphatic heterocycles. The molecule has 2 amide bonds. The molecule has 7 heteroatoms. The quantitative estimate of drug-likeness (QED) is 0.880. The van der Waals surface area contributed by atoms with Crippen molar-refractivity contribution in [2.75, 3.05) is 45.9 Å². The monoisotopic (exact) mass is 337 g/mol. The fourth-order valence-electron chi connectivity index (χ4n) is 2.87. The fraction of sp³-hybridized carbons (Fsp3) is 0.500. The molecule has 1 aromatic carbocycles. The Bertz CT molecular complexity index is 578. The van der Waals surface area contributed by atoms with Gasteiger partial charge in [0.1, 0.15) is 6.10 Å². The van der Waals surface area contributed by atoms with Crippen molar-refractivity contribution < 1.29 is 14.3 Å². The molecule has 1 unspecified atom stereocenters. The minimum Gasteiger partial charge on any atom is -0.370 e. The van der Waals surface area contributed by atoms with E-state index >= 15 is 0 Å². The number of nitrogens with zero attached hydrogens (tertiary/aromatic N) is 2. The Morgan fingerprint density at radius 1 is 1.30 bits per heavy atom. The van der Waals surface area contributed by atoms with E-state index in [4.69, 9.17) is 16.3 Å². The summed E-state index contributed by atoms with van der Waals surface area (Å²) in [6.45, 7) is 3.51. The van der Waals surface area contributed by atoms with Crippen LogP contribution in [-0.2, 0) is 14.3 Å². The van der Waals surface area contributed by atoms with E-state index in [0.717, 1.165) is 5.56 Å². The predicted octanol–water partition coefficient (Wildman–Crippen LogP) is 0.672. The van der Waals surface area contributed by atoms with Crippen molar-refractivity contribution in [1.29, 1.82) is 0 Å². The molecule has 2 saturated heterocycles. The maximum absolute atomic E-state index is 12.5. The molecule has 0 saturated carbocycles. The van der Waals surface area contributed by atoms with Gasteiger partial charge in [0.25, 0.3) is 0 Å². The van der Waals surface area contributed by atoms with Crippen LogP contribution in [0.2, 0.25) is 5.02 Å². The Morgan fingerprint density at radius 2 is 2.09 bits per heavy atom. The second-order valence-electron chi connectivity index (χ2n) is 5.81. The van der Waals surface area contributed by atoms with Crippen molar-refractivity contribution >= 4 is 23.4 Å². The number of nitrogens with one attached hydrogen (secondary N) is 1. The summed E-state index contributed by atoms with van der Waals surface area (Å²) in [5.74, 6) is 0.0204. The average molecular weight is 338 g/mol. The molecule has 0 spiro atoms. The molecule has 1 atom stereocenters. The first-order chi connectivity index (χ1) is 11.1. The number of morpholine rings is 1. The number of carbonyl (C=O) groups is 2. The molecule has 3 rings (SSSR count). The number of hydrogen-bond donors (Lipinski definition) is 1. The molecule has 0 aliphatic carbocycles. The van der Waals surface area contributed by atoms with Crippen LogP contribution in [0.25, 0.3) is 0 Å². The van der Waals surface area contributed by atoms with Crippen molar-refractivity contribution in [3.63, 3.8) is 0 Å². The van der Waals surface area contributed by atoms with E-state index in [9.17, 15) is 9.59 Å². The molecule has 23 heavy (non-hydrogen) atoms. The van der Waals surface area contributed by atoms with Gasteiger partial charge in [-0.15, -0.1) is 0 Å². The summed E-state index contributed by atoms with van der Waals surface area (Å²) in [4.78, 5) is 27.6. The molecule has 0 aromatic heterocycles. The lowest BCUT2D eigenvalue weighted by molar-refractivity contribution is -0.141. The third kappa shape index (κ3) is 4.22. The predicted molar refractivity (Wildman–Crippen MR) is 86.2 cm³/mol. The molecule has 2 fully saturated rings. The number of amides is 2. The van der Waals surface area contributed by atoms with Crippen molar-refractivity contribution in [3.8, 4) is 0 Å². The van der Waals surface area contributed by atoms with Crippen molar-refractivity contribution in [3.05, 3.63) is 34.9 Å². The molecular weight excluding hydrogens is 318 g/mol. The van der Waals surface area contributed by atoms with Gasteiger partial charge in [-0.1, -0.05) is 23.7 Å². The molecule has 1 aromatic rings. The van der Waals surface area contributed by atoms with Gasteiger partial charge in [0.15, 0.2) is 0 Å². The molecule has 0 bridgehead atoms. The third-order valence-electron chi connectivity index (χ3n) is 4.14. The van der Waals surface area contributed by atoms with Crippen LogP contribution < -0.4 is 5.32 Å². The second-order valence-corrected chi connectivity index (χ2v) is 6.25. The lowest BCUT2D eigenvalue weighted by Crippen LogP contribution is -2.52. The summed E-state index contributed by atoms with van der Waals surface area (Å²) in [7, 11) is 0. The number of hydrogen-bond acceptors (Lipinski definition) is 4. The van der Waals surface area contributed by atoms with Gasteiger partial charge in [0, 0.05) is 24.7 Å². The van der Waals surface area contributed by atoms with E-state index in [-0.39, 0.29) is 31.0 Å². The zero-order valence-electron chi connectivity index (χ0n) is 12.8. The van der Waals surface area contributed by atoms with Crippen molar-refractivity contribution in [1.82, 2.24) is 15.1 Å². The summed E-state index contributed by atoms with van der Waals surface area (Å²) in [5, 5.41) is 3.44. The molecule has 124 valence electrons. The van der Waals surface area contributed by atoms with E-state index in [0.29, 0.717) is 37.8 Å². The summed E-state index contributed by atoms with van der Waals surface area (Å²) >= 11 is 5.91. The Hall–Kier alpha value is -1.63. The number of benzene rings is 1. The van der Waals surface area contributed by atoms with Crippen LogP contribution in [0.4, 0.5) is 0 Å². The maximum atomic E-state index is 12.5. The lowest BCUT2D eigenvalue weighted by Gasteiger charge is -2.35. The Kier molecular flexibility index (Phi) is 5.15. The molecular formula is C16H20ClN3O3. The van der Waals surface area contributed by atoms with E-state index in [2.05, 4.69) is 5.32 Å². The van der Waals surface area contributed by atoms with Crippen molar-refractivity contribution in [2.45, 2.75) is 6.10 Å². The van der Waals surface area contributed by atoms with Gasteiger partial charge in [0.05, 0.1) is 26.2 Å². The zero-order chi connectivity index (χ0) is 16.2. The summed E-state index contributed by atoms with van der Waals surface area (Å²) in [5.41, 5.74) is 1.02. The van der Waals surface area contributed by atoms with E-state index in [1.54, 1.807) is 0 Å². The maximum Gasteiger partial charge on any atom is 0.236 e.